The second kappa shape index (κ2) is 12.9. The molecule has 0 unspecified atom stereocenters. The molecule has 5 rings (SSSR count). The predicted molar refractivity (Wildman–Crippen MR) is 155 cm³/mol. The van der Waals surface area contributed by atoms with E-state index in [-0.39, 0.29) is 13.2 Å². The van der Waals surface area contributed by atoms with Gasteiger partial charge < -0.3 is 32.1 Å². The van der Waals surface area contributed by atoms with Gasteiger partial charge in [0.05, 0.1) is 24.6 Å². The zero-order valence-corrected chi connectivity index (χ0v) is 24.4. The summed E-state index contributed by atoms with van der Waals surface area (Å²) < 4.78 is 53.0. The van der Waals surface area contributed by atoms with Crippen LogP contribution in [0.2, 0.25) is 0 Å². The molecule has 3 aromatic heterocycles. The Hall–Kier alpha value is -4.57. The van der Waals surface area contributed by atoms with Crippen LogP contribution in [-0.2, 0) is 26.8 Å². The normalized spacial score (nSPS) is 11.7. The van der Waals surface area contributed by atoms with Crippen LogP contribution in [-0.4, -0.2) is 36.1 Å². The molecule has 0 fully saturated rings. The third-order valence-corrected chi connectivity index (χ3v) is 7.80. The molecule has 0 atom stereocenters. The van der Waals surface area contributed by atoms with Crippen LogP contribution in [0.5, 0.6) is 17.4 Å². The number of hydrogen-bond donors (Lipinski definition) is 0. The van der Waals surface area contributed by atoms with E-state index in [1.165, 1.54) is 20.0 Å². The zero-order valence-electron chi connectivity index (χ0n) is 23.6. The number of para-hydroxylation sites is 1. The lowest BCUT2D eigenvalue weighted by molar-refractivity contribution is 0.275. The molecule has 0 amide bonds. The molecule has 0 saturated heterocycles. The smallest absolute Gasteiger partial charge is 0.353 e. The van der Waals surface area contributed by atoms with Gasteiger partial charge in [-0.3, -0.25) is 4.57 Å². The third-order valence-electron chi connectivity index (χ3n) is 6.27. The second-order valence-electron chi connectivity index (χ2n) is 8.95. The highest BCUT2D eigenvalue weighted by atomic mass is 31.2. The average Bonchev–Trinajstić information content (AvgIpc) is 3.79. The van der Waals surface area contributed by atoms with Gasteiger partial charge in [-0.2, -0.15) is 0 Å². The first-order chi connectivity index (χ1) is 20.4. The Morgan fingerprint density at radius 3 is 2.48 bits per heavy atom. The largest absolute Gasteiger partial charge is 0.493 e. The first-order valence-corrected chi connectivity index (χ1v) is 14.5. The Morgan fingerprint density at radius 2 is 1.76 bits per heavy atom. The highest BCUT2D eigenvalue weighted by Crippen LogP contribution is 2.48. The molecule has 5 aromatic rings. The van der Waals surface area contributed by atoms with Crippen LogP contribution in [0.3, 0.4) is 0 Å². The molecule has 0 aliphatic rings. The van der Waals surface area contributed by atoms with Gasteiger partial charge in [-0.1, -0.05) is 24.3 Å². The van der Waals surface area contributed by atoms with Crippen molar-refractivity contribution in [1.29, 1.82) is 0 Å². The van der Waals surface area contributed by atoms with Gasteiger partial charge in [0.15, 0.2) is 17.3 Å². The van der Waals surface area contributed by atoms with Crippen molar-refractivity contribution < 1.29 is 36.7 Å². The molecule has 0 bridgehead atoms. The number of rotatable bonds is 13. The topological polar surface area (TPSA) is 120 Å². The monoisotopic (exact) mass is 591 g/mol. The number of methoxy groups -OCH3 is 1. The summed E-state index contributed by atoms with van der Waals surface area (Å²) in [6.07, 6.45) is 4.95. The summed E-state index contributed by atoms with van der Waals surface area (Å²) in [5.41, 5.74) is 2.90. The number of hydrogen-bond acceptors (Lipinski definition) is 10. The summed E-state index contributed by atoms with van der Waals surface area (Å²) in [5, 5.41) is 4.59. The van der Waals surface area contributed by atoms with Crippen LogP contribution in [0.15, 0.2) is 87.8 Å². The second-order valence-corrected chi connectivity index (χ2v) is 11.1. The molecule has 0 saturated carbocycles. The van der Waals surface area contributed by atoms with E-state index in [9.17, 15) is 4.57 Å². The number of benzene rings is 2. The summed E-state index contributed by atoms with van der Waals surface area (Å²) in [7, 11) is 0.832. The first kappa shape index (κ1) is 28.9. The SMILES string of the molecule is COc1cc(COc2nn(-c3ccccc3)cc2/C=C/P(=O)(OC)OC)ccc1OCc1nc(-c2ccco2)oc1C. The van der Waals surface area contributed by atoms with Gasteiger partial charge in [-0.15, -0.1) is 5.10 Å². The van der Waals surface area contributed by atoms with Gasteiger partial charge in [0, 0.05) is 26.2 Å². The maximum absolute atomic E-state index is 12.6. The van der Waals surface area contributed by atoms with Crippen molar-refractivity contribution in [2.75, 3.05) is 21.3 Å². The van der Waals surface area contributed by atoms with Crippen molar-refractivity contribution in [3.05, 3.63) is 102 Å². The maximum atomic E-state index is 12.6. The lowest BCUT2D eigenvalue weighted by Crippen LogP contribution is -2.02. The van der Waals surface area contributed by atoms with E-state index in [2.05, 4.69) is 10.1 Å². The van der Waals surface area contributed by atoms with Crippen molar-refractivity contribution in [2.45, 2.75) is 20.1 Å². The van der Waals surface area contributed by atoms with E-state index in [0.717, 1.165) is 11.3 Å². The minimum Gasteiger partial charge on any atom is -0.493 e. The Kier molecular flexibility index (Phi) is 8.92. The fraction of sp³-hybridized carbons (Fsp3) is 0.200. The minimum absolute atomic E-state index is 0.182. The lowest BCUT2D eigenvalue weighted by atomic mass is 10.2. The van der Waals surface area contributed by atoms with Gasteiger partial charge in [-0.25, -0.2) is 9.67 Å². The highest BCUT2D eigenvalue weighted by Gasteiger charge is 2.18. The van der Waals surface area contributed by atoms with E-state index in [0.29, 0.717) is 46.0 Å². The van der Waals surface area contributed by atoms with Crippen LogP contribution in [0.4, 0.5) is 0 Å². The van der Waals surface area contributed by atoms with Crippen LogP contribution in [0.25, 0.3) is 23.4 Å². The van der Waals surface area contributed by atoms with Gasteiger partial charge in [-0.05, 0) is 55.0 Å². The molecule has 0 aliphatic heterocycles. The predicted octanol–water partition coefficient (Wildman–Crippen LogP) is 7.05. The van der Waals surface area contributed by atoms with E-state index >= 15 is 0 Å². The Labute approximate surface area is 242 Å². The number of furan rings is 1. The van der Waals surface area contributed by atoms with E-state index < -0.39 is 7.60 Å². The van der Waals surface area contributed by atoms with Crippen LogP contribution < -0.4 is 14.2 Å². The highest BCUT2D eigenvalue weighted by molar-refractivity contribution is 7.57. The molecular weight excluding hydrogens is 561 g/mol. The molecular formula is C30H30N3O8P. The van der Waals surface area contributed by atoms with Crippen molar-refractivity contribution >= 4 is 13.7 Å². The summed E-state index contributed by atoms with van der Waals surface area (Å²) in [5.74, 6) is 4.35. The Morgan fingerprint density at radius 1 is 0.952 bits per heavy atom. The van der Waals surface area contributed by atoms with E-state index in [1.54, 1.807) is 48.5 Å². The fourth-order valence-corrected chi connectivity index (χ4v) is 4.70. The maximum Gasteiger partial charge on any atom is 0.353 e. The fourth-order valence-electron chi connectivity index (χ4n) is 3.97. The van der Waals surface area contributed by atoms with Gasteiger partial charge >= 0.3 is 7.60 Å². The summed E-state index contributed by atoms with van der Waals surface area (Å²) in [6.45, 7) is 2.19. The first-order valence-electron chi connectivity index (χ1n) is 12.9. The molecule has 0 radical (unpaired) electrons. The summed E-state index contributed by atoms with van der Waals surface area (Å²) in [4.78, 5) is 4.48. The molecule has 12 heteroatoms. The van der Waals surface area contributed by atoms with Crippen LogP contribution in [0, 0.1) is 6.92 Å². The van der Waals surface area contributed by atoms with E-state index in [4.69, 9.17) is 32.1 Å². The average molecular weight is 592 g/mol. The number of oxazole rings is 1. The van der Waals surface area contributed by atoms with Crippen molar-refractivity contribution in [3.8, 4) is 34.7 Å². The molecule has 42 heavy (non-hydrogen) atoms. The molecule has 218 valence electrons. The van der Waals surface area contributed by atoms with Crippen LogP contribution >= 0.6 is 7.60 Å². The van der Waals surface area contributed by atoms with Gasteiger partial charge in [0.2, 0.25) is 5.88 Å². The molecule has 11 nitrogen and oxygen atoms in total. The summed E-state index contributed by atoms with van der Waals surface area (Å²) >= 11 is 0. The molecule has 2 aromatic carbocycles. The molecule has 0 aliphatic carbocycles. The molecule has 3 heterocycles. The van der Waals surface area contributed by atoms with Crippen molar-refractivity contribution in [2.24, 2.45) is 0 Å². The standard InChI is InChI=1S/C30H30N3O8P/c1-21-25(31-30(41-21)27-11-8-15-38-27)20-39-26-13-12-22(17-28(26)35-2)19-40-29-23(14-16-42(34,36-3)37-4)18-33(32-29)24-9-6-5-7-10-24/h5-18H,19-20H2,1-4H3/b16-14+. The number of ether oxygens (including phenoxy) is 3. The van der Waals surface area contributed by atoms with Crippen molar-refractivity contribution in [1.82, 2.24) is 14.8 Å². The zero-order chi connectivity index (χ0) is 29.5. The Bertz CT molecular complexity index is 1680. The van der Waals surface area contributed by atoms with Crippen LogP contribution in [0.1, 0.15) is 22.6 Å². The lowest BCUT2D eigenvalue weighted by Gasteiger charge is -2.12. The summed E-state index contributed by atoms with van der Waals surface area (Å²) in [6, 6.07) is 18.6. The molecule has 0 N–H and O–H groups in total. The van der Waals surface area contributed by atoms with Gasteiger partial charge in [0.25, 0.3) is 5.89 Å². The molecule has 0 spiro atoms. The minimum atomic E-state index is -3.38. The van der Waals surface area contributed by atoms with E-state index in [1.807, 2.05) is 49.4 Å². The quantitative estimate of drug-likeness (QED) is 0.132. The number of aryl methyl sites for hydroxylation is 1. The number of nitrogens with zero attached hydrogens (tertiary/aromatic N) is 3. The Balaban J connectivity index is 1.31. The van der Waals surface area contributed by atoms with Gasteiger partial charge in [0.1, 0.15) is 24.7 Å². The third kappa shape index (κ3) is 6.66. The van der Waals surface area contributed by atoms with Crippen molar-refractivity contribution in [3.63, 3.8) is 0 Å². The number of aromatic nitrogens is 3.